The Balaban J connectivity index is 2.23. The van der Waals surface area contributed by atoms with Crippen LogP contribution in [-0.4, -0.2) is 14.4 Å². The summed E-state index contributed by atoms with van der Waals surface area (Å²) >= 11 is 0. The number of primary sulfonamides is 1. The second-order valence-electron chi connectivity index (χ2n) is 4.53. The van der Waals surface area contributed by atoms with Crippen molar-refractivity contribution in [3.63, 3.8) is 0 Å². The Labute approximate surface area is 132 Å². The van der Waals surface area contributed by atoms with Crippen molar-refractivity contribution in [1.29, 1.82) is 5.26 Å². The molecule has 0 bridgehead atoms. The number of hydrogen-bond donors (Lipinski definition) is 1. The summed E-state index contributed by atoms with van der Waals surface area (Å²) in [7, 11) is -4.07. The van der Waals surface area contributed by atoms with Crippen LogP contribution in [0.5, 0.6) is 0 Å². The van der Waals surface area contributed by atoms with Crippen LogP contribution < -0.4 is 5.14 Å². The number of halogens is 1. The average molecular weight is 334 g/mol. The predicted octanol–water partition coefficient (Wildman–Crippen LogP) is 1.70. The summed E-state index contributed by atoms with van der Waals surface area (Å²) in [6.07, 6.45) is 0. The minimum Gasteiger partial charge on any atom is -0.457 e. The second kappa shape index (κ2) is 6.56. The molecule has 0 heterocycles. The Hall–Kier alpha value is -2.76. The third kappa shape index (κ3) is 3.91. The van der Waals surface area contributed by atoms with Crippen molar-refractivity contribution >= 4 is 16.0 Å². The van der Waals surface area contributed by atoms with Crippen LogP contribution in [0, 0.1) is 17.1 Å². The van der Waals surface area contributed by atoms with Gasteiger partial charge in [-0.05, 0) is 24.3 Å². The lowest BCUT2D eigenvalue weighted by molar-refractivity contribution is 0.0466. The minimum absolute atomic E-state index is 0.248. The van der Waals surface area contributed by atoms with Gasteiger partial charge in [-0.1, -0.05) is 18.2 Å². The van der Waals surface area contributed by atoms with Gasteiger partial charge in [0.25, 0.3) is 0 Å². The molecule has 0 aliphatic heterocycles. The fraction of sp³-hybridized carbons (Fsp3) is 0.0667. The predicted molar refractivity (Wildman–Crippen MR) is 78.0 cm³/mol. The van der Waals surface area contributed by atoms with E-state index in [2.05, 4.69) is 0 Å². The van der Waals surface area contributed by atoms with Crippen LogP contribution in [0.1, 0.15) is 21.5 Å². The molecule has 0 saturated carbocycles. The van der Waals surface area contributed by atoms with Crippen LogP contribution in [0.15, 0.2) is 47.4 Å². The summed E-state index contributed by atoms with van der Waals surface area (Å²) in [4.78, 5) is 11.5. The molecule has 8 heteroatoms. The highest BCUT2D eigenvalue weighted by atomic mass is 32.2. The Kier molecular flexibility index (Phi) is 4.74. The SMILES string of the molecule is N#Cc1ccccc1COC(=O)c1cc(S(N)(=O)=O)ccc1F. The van der Waals surface area contributed by atoms with Crippen LogP contribution >= 0.6 is 0 Å². The lowest BCUT2D eigenvalue weighted by Gasteiger charge is -2.08. The normalized spacial score (nSPS) is 10.8. The third-order valence-corrected chi connectivity index (χ3v) is 3.89. The fourth-order valence-electron chi connectivity index (χ4n) is 1.81. The first-order chi connectivity index (χ1) is 10.8. The van der Waals surface area contributed by atoms with E-state index in [0.717, 1.165) is 18.2 Å². The maximum absolute atomic E-state index is 13.7. The van der Waals surface area contributed by atoms with Gasteiger partial charge in [-0.15, -0.1) is 0 Å². The number of hydrogen-bond acceptors (Lipinski definition) is 5. The zero-order valence-corrected chi connectivity index (χ0v) is 12.5. The van der Waals surface area contributed by atoms with Gasteiger partial charge in [0.1, 0.15) is 12.4 Å². The highest BCUT2D eigenvalue weighted by Crippen LogP contribution is 2.16. The molecular formula is C15H11FN2O4S. The number of carbonyl (C=O) groups is 1. The van der Waals surface area contributed by atoms with Crippen molar-refractivity contribution in [2.45, 2.75) is 11.5 Å². The second-order valence-corrected chi connectivity index (χ2v) is 6.09. The monoisotopic (exact) mass is 334 g/mol. The Morgan fingerprint density at radius 3 is 2.61 bits per heavy atom. The number of rotatable bonds is 4. The molecule has 6 nitrogen and oxygen atoms in total. The van der Waals surface area contributed by atoms with Crippen LogP contribution in [0.4, 0.5) is 4.39 Å². The van der Waals surface area contributed by atoms with Gasteiger partial charge >= 0.3 is 5.97 Å². The molecule has 0 aliphatic rings. The first-order valence-electron chi connectivity index (χ1n) is 6.30. The maximum atomic E-state index is 13.7. The molecule has 2 aromatic rings. The minimum atomic E-state index is -4.07. The number of sulfonamides is 1. The Morgan fingerprint density at radius 1 is 1.26 bits per heavy atom. The van der Waals surface area contributed by atoms with Crippen molar-refractivity contribution < 1.29 is 22.3 Å². The van der Waals surface area contributed by atoms with Crippen LogP contribution in [0.25, 0.3) is 0 Å². The molecule has 0 aromatic heterocycles. The molecule has 23 heavy (non-hydrogen) atoms. The van der Waals surface area contributed by atoms with E-state index in [1.165, 1.54) is 0 Å². The van der Waals surface area contributed by atoms with Crippen molar-refractivity contribution in [1.82, 2.24) is 0 Å². The first-order valence-corrected chi connectivity index (χ1v) is 7.85. The van der Waals surface area contributed by atoms with E-state index in [-0.39, 0.29) is 6.61 Å². The molecule has 2 rings (SSSR count). The maximum Gasteiger partial charge on any atom is 0.341 e. The number of esters is 1. The lowest BCUT2D eigenvalue weighted by Crippen LogP contribution is -2.15. The van der Waals surface area contributed by atoms with Gasteiger partial charge in [-0.3, -0.25) is 0 Å². The zero-order valence-electron chi connectivity index (χ0n) is 11.7. The third-order valence-electron chi connectivity index (χ3n) is 2.98. The zero-order chi connectivity index (χ0) is 17.0. The van der Waals surface area contributed by atoms with Gasteiger partial charge in [0.05, 0.1) is 22.1 Å². The topological polar surface area (TPSA) is 110 Å². The van der Waals surface area contributed by atoms with Gasteiger partial charge < -0.3 is 4.74 Å². The van der Waals surface area contributed by atoms with E-state index in [1.54, 1.807) is 24.3 Å². The fourth-order valence-corrected chi connectivity index (χ4v) is 2.35. The van der Waals surface area contributed by atoms with Crippen molar-refractivity contribution in [3.05, 3.63) is 65.0 Å². The molecule has 2 N–H and O–H groups in total. The molecule has 0 atom stereocenters. The molecule has 0 aliphatic carbocycles. The van der Waals surface area contributed by atoms with Crippen molar-refractivity contribution in [3.8, 4) is 6.07 Å². The van der Waals surface area contributed by atoms with Gasteiger partial charge in [0.2, 0.25) is 10.0 Å². The largest absolute Gasteiger partial charge is 0.457 e. The van der Waals surface area contributed by atoms with E-state index in [4.69, 9.17) is 15.1 Å². The van der Waals surface area contributed by atoms with E-state index in [1.807, 2.05) is 6.07 Å². The van der Waals surface area contributed by atoms with Crippen molar-refractivity contribution in [2.75, 3.05) is 0 Å². The molecule has 0 saturated heterocycles. The molecule has 0 fully saturated rings. The van der Waals surface area contributed by atoms with Gasteiger partial charge in [0, 0.05) is 5.56 Å². The van der Waals surface area contributed by atoms with Gasteiger partial charge in [-0.25, -0.2) is 22.7 Å². The summed E-state index contributed by atoms with van der Waals surface area (Å²) in [6, 6.07) is 11.0. The molecule has 118 valence electrons. The Morgan fingerprint density at radius 2 is 1.96 bits per heavy atom. The van der Waals surface area contributed by atoms with Crippen LogP contribution in [0.3, 0.4) is 0 Å². The van der Waals surface area contributed by atoms with E-state index < -0.39 is 32.3 Å². The quantitative estimate of drug-likeness (QED) is 0.856. The lowest BCUT2D eigenvalue weighted by atomic mass is 10.1. The standard InChI is InChI=1S/C15H11FN2O4S/c16-14-6-5-12(23(18,20)21)7-13(14)15(19)22-9-11-4-2-1-3-10(11)8-17/h1-7H,9H2,(H2,18,20,21). The van der Waals surface area contributed by atoms with Gasteiger partial charge in [0.15, 0.2) is 0 Å². The highest BCUT2D eigenvalue weighted by Gasteiger charge is 2.18. The number of ether oxygens (including phenoxy) is 1. The highest BCUT2D eigenvalue weighted by molar-refractivity contribution is 7.89. The molecule has 0 amide bonds. The number of carbonyl (C=O) groups excluding carboxylic acids is 1. The van der Waals surface area contributed by atoms with E-state index in [9.17, 15) is 17.6 Å². The molecular weight excluding hydrogens is 323 g/mol. The smallest absolute Gasteiger partial charge is 0.341 e. The van der Waals surface area contributed by atoms with Crippen LogP contribution in [-0.2, 0) is 21.4 Å². The molecule has 0 unspecified atom stereocenters. The van der Waals surface area contributed by atoms with Crippen molar-refractivity contribution in [2.24, 2.45) is 5.14 Å². The summed E-state index contributed by atoms with van der Waals surface area (Å²) in [5.41, 5.74) is 0.219. The van der Waals surface area contributed by atoms with Crippen LogP contribution in [0.2, 0.25) is 0 Å². The summed E-state index contributed by atoms with van der Waals surface area (Å²) in [5.74, 6) is -1.99. The number of benzene rings is 2. The molecule has 0 radical (unpaired) electrons. The summed E-state index contributed by atoms with van der Waals surface area (Å²) in [6.45, 7) is -0.248. The molecule has 0 spiro atoms. The number of nitriles is 1. The summed E-state index contributed by atoms with van der Waals surface area (Å²) < 4.78 is 41.1. The summed E-state index contributed by atoms with van der Waals surface area (Å²) in [5, 5.41) is 13.9. The first kappa shape index (κ1) is 16.6. The number of nitrogens with zero attached hydrogens (tertiary/aromatic N) is 1. The van der Waals surface area contributed by atoms with Gasteiger partial charge in [-0.2, -0.15) is 5.26 Å². The molecule has 2 aromatic carbocycles. The average Bonchev–Trinajstić information content (AvgIpc) is 2.52. The number of nitrogens with two attached hydrogens (primary N) is 1. The Bertz CT molecular complexity index is 904. The van der Waals surface area contributed by atoms with E-state index >= 15 is 0 Å². The van der Waals surface area contributed by atoms with E-state index in [0.29, 0.717) is 11.1 Å².